The fraction of sp³-hybridized carbons (Fsp3) is 0.385. The third-order valence-electron chi connectivity index (χ3n) is 6.67. The summed E-state index contributed by atoms with van der Waals surface area (Å²) in [7, 11) is -1.30. The van der Waals surface area contributed by atoms with Gasteiger partial charge in [-0.25, -0.2) is 8.42 Å². The van der Waals surface area contributed by atoms with Gasteiger partial charge in [0, 0.05) is 45.5 Å². The number of carbonyl (C=O) groups excluding carboxylic acids is 1. The first-order valence-electron chi connectivity index (χ1n) is 11.6. The third-order valence-corrected chi connectivity index (χ3v) is 8.42. The molecule has 34 heavy (non-hydrogen) atoms. The van der Waals surface area contributed by atoms with Crippen molar-refractivity contribution in [1.29, 1.82) is 5.26 Å². The minimum Gasteiger partial charge on any atom is -0.375 e. The van der Waals surface area contributed by atoms with Crippen molar-refractivity contribution in [2.75, 3.05) is 44.7 Å². The molecule has 7 nitrogen and oxygen atoms in total. The molecule has 8 heteroatoms. The number of nitrogens with zero attached hydrogens (tertiary/aromatic N) is 4. The van der Waals surface area contributed by atoms with Gasteiger partial charge < -0.3 is 9.80 Å². The van der Waals surface area contributed by atoms with E-state index in [0.29, 0.717) is 32.6 Å². The summed E-state index contributed by atoms with van der Waals surface area (Å²) >= 11 is 0. The van der Waals surface area contributed by atoms with Crippen LogP contribution in [0.25, 0.3) is 0 Å². The van der Waals surface area contributed by atoms with Crippen molar-refractivity contribution in [2.24, 2.45) is 0 Å². The minimum atomic E-state index is -3.04. The number of amides is 1. The highest BCUT2D eigenvalue weighted by Gasteiger charge is 2.32. The Hall–Kier alpha value is -3.15. The minimum absolute atomic E-state index is 0.0444. The van der Waals surface area contributed by atoms with Gasteiger partial charge in [0.05, 0.1) is 17.5 Å². The Morgan fingerprint density at radius 1 is 1.03 bits per heavy atom. The van der Waals surface area contributed by atoms with Crippen molar-refractivity contribution in [3.63, 3.8) is 0 Å². The van der Waals surface area contributed by atoms with Crippen LogP contribution in [0.3, 0.4) is 0 Å². The van der Waals surface area contributed by atoms with Crippen molar-refractivity contribution in [3.05, 3.63) is 83.6 Å². The topological polar surface area (TPSA) is 84.7 Å². The van der Waals surface area contributed by atoms with E-state index in [4.69, 9.17) is 0 Å². The Kier molecular flexibility index (Phi) is 7.35. The number of sulfone groups is 1. The Labute approximate surface area is 201 Å². The van der Waals surface area contributed by atoms with Crippen LogP contribution in [0.5, 0.6) is 0 Å². The zero-order valence-electron chi connectivity index (χ0n) is 19.4. The predicted octanol–water partition coefficient (Wildman–Crippen LogP) is 2.45. The average Bonchev–Trinajstić information content (AvgIpc) is 3.24. The molecule has 2 aromatic carbocycles. The second-order valence-electron chi connectivity index (χ2n) is 8.93. The second-order valence-corrected chi connectivity index (χ2v) is 11.2. The van der Waals surface area contributed by atoms with Crippen LogP contribution in [0.2, 0.25) is 0 Å². The van der Waals surface area contributed by atoms with Gasteiger partial charge in [-0.15, -0.1) is 0 Å². The van der Waals surface area contributed by atoms with Crippen LogP contribution < -0.4 is 0 Å². The molecule has 178 valence electrons. The maximum absolute atomic E-state index is 13.1. The van der Waals surface area contributed by atoms with Crippen LogP contribution in [0.15, 0.2) is 72.4 Å². The largest absolute Gasteiger partial charge is 0.375 e. The normalized spacial score (nSPS) is 20.8. The van der Waals surface area contributed by atoms with E-state index in [-0.39, 0.29) is 35.1 Å². The Morgan fingerprint density at radius 3 is 2.06 bits per heavy atom. The van der Waals surface area contributed by atoms with Crippen molar-refractivity contribution in [3.8, 4) is 6.07 Å². The van der Waals surface area contributed by atoms with Crippen LogP contribution in [-0.2, 0) is 14.6 Å². The number of rotatable bonds is 6. The number of piperazine rings is 1. The zero-order valence-corrected chi connectivity index (χ0v) is 20.2. The van der Waals surface area contributed by atoms with Crippen molar-refractivity contribution >= 4 is 15.7 Å². The lowest BCUT2D eigenvalue weighted by atomic mass is 9.96. The van der Waals surface area contributed by atoms with E-state index >= 15 is 0 Å². The van der Waals surface area contributed by atoms with E-state index in [1.807, 2.05) is 42.5 Å². The molecule has 1 atom stereocenters. The van der Waals surface area contributed by atoms with E-state index < -0.39 is 9.84 Å². The maximum atomic E-state index is 13.1. The van der Waals surface area contributed by atoms with Gasteiger partial charge in [0.2, 0.25) is 0 Å². The van der Waals surface area contributed by atoms with Gasteiger partial charge in [-0.1, -0.05) is 60.7 Å². The van der Waals surface area contributed by atoms with E-state index in [1.54, 1.807) is 16.8 Å². The summed E-state index contributed by atoms with van der Waals surface area (Å²) in [6.45, 7) is 2.43. The molecule has 0 N–H and O–H groups in total. The average molecular weight is 479 g/mol. The second kappa shape index (κ2) is 10.4. The van der Waals surface area contributed by atoms with Gasteiger partial charge in [0.1, 0.15) is 11.6 Å². The summed E-state index contributed by atoms with van der Waals surface area (Å²) in [5, 5.41) is 9.64. The zero-order chi connectivity index (χ0) is 24.1. The third kappa shape index (κ3) is 5.49. The summed E-state index contributed by atoms with van der Waals surface area (Å²) in [6, 6.07) is 22.6. The molecule has 2 aliphatic heterocycles. The molecule has 2 aromatic rings. The van der Waals surface area contributed by atoms with Crippen LogP contribution >= 0.6 is 0 Å². The molecule has 2 fully saturated rings. The number of hydrogen-bond donors (Lipinski definition) is 0. The highest BCUT2D eigenvalue weighted by molar-refractivity contribution is 7.91. The molecule has 0 saturated carbocycles. The van der Waals surface area contributed by atoms with Gasteiger partial charge in [-0.05, 0) is 17.5 Å². The maximum Gasteiger partial charge on any atom is 0.266 e. The summed E-state index contributed by atoms with van der Waals surface area (Å²) in [5.41, 5.74) is 2.46. The van der Waals surface area contributed by atoms with Crippen molar-refractivity contribution < 1.29 is 13.2 Å². The molecule has 1 amide bonds. The van der Waals surface area contributed by atoms with E-state index in [2.05, 4.69) is 29.2 Å². The Balaban J connectivity index is 1.44. The van der Waals surface area contributed by atoms with Crippen LogP contribution in [0.1, 0.15) is 23.6 Å². The molecular weight excluding hydrogens is 448 g/mol. The summed E-state index contributed by atoms with van der Waals surface area (Å²) in [4.78, 5) is 18.9. The molecule has 0 spiro atoms. The number of benzene rings is 2. The fourth-order valence-electron chi connectivity index (χ4n) is 4.78. The smallest absolute Gasteiger partial charge is 0.266 e. The lowest BCUT2D eigenvalue weighted by Gasteiger charge is -2.39. The van der Waals surface area contributed by atoms with E-state index in [1.165, 1.54) is 17.3 Å². The SMILES string of the molecule is CN(/C=C(/C#N)C(=O)N1CCN(C(c2ccccc2)c2ccccc2)CC1)C1CCS(=O)(=O)C1. The molecule has 0 aliphatic carbocycles. The summed E-state index contributed by atoms with van der Waals surface area (Å²) in [6.07, 6.45) is 2.03. The quantitative estimate of drug-likeness (QED) is 0.468. The molecule has 2 aliphatic rings. The van der Waals surface area contributed by atoms with Gasteiger partial charge in [-0.3, -0.25) is 9.69 Å². The molecule has 2 saturated heterocycles. The Bertz CT molecular complexity index is 1130. The summed E-state index contributed by atoms with van der Waals surface area (Å²) < 4.78 is 23.6. The standard InChI is InChI=1S/C26H30N4O3S/c1-28(24-12-17-34(32,33)20-24)19-23(18-27)26(31)30-15-13-29(14-16-30)25(21-8-4-2-5-9-21)22-10-6-3-7-11-22/h2-11,19,24-25H,12-17,20H2,1H3/b23-19-. The van der Waals surface area contributed by atoms with Gasteiger partial charge in [0.25, 0.3) is 5.91 Å². The van der Waals surface area contributed by atoms with Crippen LogP contribution in [0.4, 0.5) is 0 Å². The van der Waals surface area contributed by atoms with Crippen LogP contribution in [-0.4, -0.2) is 79.8 Å². The van der Waals surface area contributed by atoms with Crippen molar-refractivity contribution in [2.45, 2.75) is 18.5 Å². The molecule has 0 bridgehead atoms. The first kappa shape index (κ1) is 24.0. The van der Waals surface area contributed by atoms with E-state index in [0.717, 1.165) is 0 Å². The molecule has 0 aromatic heterocycles. The van der Waals surface area contributed by atoms with Crippen LogP contribution in [0, 0.1) is 11.3 Å². The lowest BCUT2D eigenvalue weighted by molar-refractivity contribution is -0.128. The highest BCUT2D eigenvalue weighted by atomic mass is 32.2. The summed E-state index contributed by atoms with van der Waals surface area (Å²) in [5.74, 6) is -0.0883. The number of hydrogen-bond acceptors (Lipinski definition) is 6. The molecular formula is C26H30N4O3S. The molecule has 4 rings (SSSR count). The number of nitriles is 1. The van der Waals surface area contributed by atoms with Crippen molar-refractivity contribution in [1.82, 2.24) is 14.7 Å². The van der Waals surface area contributed by atoms with Gasteiger partial charge >= 0.3 is 0 Å². The molecule has 0 radical (unpaired) electrons. The van der Waals surface area contributed by atoms with E-state index in [9.17, 15) is 18.5 Å². The fourth-order valence-corrected chi connectivity index (χ4v) is 6.56. The first-order valence-corrected chi connectivity index (χ1v) is 13.4. The highest BCUT2D eigenvalue weighted by Crippen LogP contribution is 2.29. The molecule has 2 heterocycles. The monoisotopic (exact) mass is 478 g/mol. The van der Waals surface area contributed by atoms with Gasteiger partial charge in [0.15, 0.2) is 9.84 Å². The Morgan fingerprint density at radius 2 is 1.59 bits per heavy atom. The number of carbonyl (C=O) groups is 1. The lowest BCUT2D eigenvalue weighted by Crippen LogP contribution is -2.50. The molecule has 1 unspecified atom stereocenters. The van der Waals surface area contributed by atoms with Gasteiger partial charge in [-0.2, -0.15) is 5.26 Å². The first-order chi connectivity index (χ1) is 16.4. The predicted molar refractivity (Wildman–Crippen MR) is 131 cm³/mol.